The molecular weight excluding hydrogens is 460 g/mol. The second kappa shape index (κ2) is 16.1. The van der Waals surface area contributed by atoms with E-state index in [4.69, 9.17) is 14.9 Å². The molecule has 2 amide bonds. The van der Waals surface area contributed by atoms with E-state index in [0.29, 0.717) is 30.9 Å². The SMILES string of the molecule is CC(=O)Nc1ccccc1OCCCC(=O)O.CC(=O)Nc1ccccc1SCCCC(=O)O. The van der Waals surface area contributed by atoms with Crippen LogP contribution in [0.5, 0.6) is 5.75 Å². The molecule has 2 aromatic carbocycles. The predicted octanol–water partition coefficient (Wildman–Crippen LogP) is 4.49. The van der Waals surface area contributed by atoms with Gasteiger partial charge in [-0.2, -0.15) is 0 Å². The number of amides is 2. The van der Waals surface area contributed by atoms with E-state index in [1.807, 2.05) is 24.3 Å². The third-order valence-corrected chi connectivity index (χ3v) is 5.14. The van der Waals surface area contributed by atoms with Crippen LogP contribution in [0, 0.1) is 0 Å². The summed E-state index contributed by atoms with van der Waals surface area (Å²) < 4.78 is 5.41. The summed E-state index contributed by atoms with van der Waals surface area (Å²) in [5.41, 5.74) is 1.37. The van der Waals surface area contributed by atoms with Crippen LogP contribution >= 0.6 is 11.8 Å². The topological polar surface area (TPSA) is 142 Å². The fraction of sp³-hybridized carbons (Fsp3) is 0.333. The lowest BCUT2D eigenvalue weighted by Crippen LogP contribution is -2.08. The maximum absolute atomic E-state index is 11.0. The summed E-state index contributed by atoms with van der Waals surface area (Å²) >= 11 is 1.55. The maximum Gasteiger partial charge on any atom is 0.303 e. The number of para-hydroxylation sites is 3. The molecule has 0 aliphatic rings. The minimum atomic E-state index is -0.844. The number of carboxylic acids is 2. The molecular formula is C24H30N2O7S. The second-order valence-corrected chi connectivity index (χ2v) is 8.18. The highest BCUT2D eigenvalue weighted by Gasteiger charge is 2.05. The number of ether oxygens (including phenoxy) is 1. The molecule has 0 saturated heterocycles. The lowest BCUT2D eigenvalue weighted by atomic mass is 10.3. The Bertz CT molecular complexity index is 888. The fourth-order valence-electron chi connectivity index (χ4n) is 2.58. The molecule has 9 nitrogen and oxygen atoms in total. The Labute approximate surface area is 202 Å². The minimum Gasteiger partial charge on any atom is -0.491 e. The number of thioether (sulfide) groups is 1. The highest BCUT2D eigenvalue weighted by Crippen LogP contribution is 2.27. The van der Waals surface area contributed by atoms with E-state index in [-0.39, 0.29) is 24.7 Å². The van der Waals surface area contributed by atoms with Gasteiger partial charge in [-0.25, -0.2) is 0 Å². The zero-order valence-corrected chi connectivity index (χ0v) is 20.0. The number of hydrogen-bond donors (Lipinski definition) is 4. The van der Waals surface area contributed by atoms with Gasteiger partial charge in [0, 0.05) is 31.6 Å². The van der Waals surface area contributed by atoms with Gasteiger partial charge in [-0.1, -0.05) is 24.3 Å². The molecule has 0 aromatic heterocycles. The summed E-state index contributed by atoms with van der Waals surface area (Å²) in [6.45, 7) is 3.19. The van der Waals surface area contributed by atoms with Crippen molar-refractivity contribution in [1.29, 1.82) is 0 Å². The largest absolute Gasteiger partial charge is 0.491 e. The molecule has 10 heteroatoms. The first-order chi connectivity index (χ1) is 16.2. The van der Waals surface area contributed by atoms with Gasteiger partial charge < -0.3 is 25.6 Å². The van der Waals surface area contributed by atoms with Crippen LogP contribution in [0.2, 0.25) is 0 Å². The first-order valence-electron chi connectivity index (χ1n) is 10.6. The van der Waals surface area contributed by atoms with Crippen molar-refractivity contribution in [3.8, 4) is 5.75 Å². The van der Waals surface area contributed by atoms with E-state index in [2.05, 4.69) is 10.6 Å². The van der Waals surface area contributed by atoms with Crippen molar-refractivity contribution >= 4 is 46.9 Å². The van der Waals surface area contributed by atoms with Gasteiger partial charge in [0.2, 0.25) is 11.8 Å². The van der Waals surface area contributed by atoms with Crippen LogP contribution in [0.3, 0.4) is 0 Å². The Morgan fingerprint density at radius 3 is 1.94 bits per heavy atom. The number of benzene rings is 2. The maximum atomic E-state index is 11.0. The van der Waals surface area contributed by atoms with Crippen LogP contribution in [0.1, 0.15) is 39.5 Å². The number of carbonyl (C=O) groups is 4. The summed E-state index contributed by atoms with van der Waals surface area (Å²) in [6.07, 6.45) is 1.30. The Morgan fingerprint density at radius 2 is 1.32 bits per heavy atom. The number of carbonyl (C=O) groups excluding carboxylic acids is 2. The number of carboxylic acid groups (broad SMARTS) is 2. The van der Waals surface area contributed by atoms with Gasteiger partial charge in [-0.15, -0.1) is 11.8 Å². The van der Waals surface area contributed by atoms with Crippen molar-refractivity contribution in [2.45, 2.75) is 44.4 Å². The average Bonchev–Trinajstić information content (AvgIpc) is 2.76. The van der Waals surface area contributed by atoms with Crippen molar-refractivity contribution in [2.24, 2.45) is 0 Å². The second-order valence-electron chi connectivity index (χ2n) is 7.05. The van der Waals surface area contributed by atoms with Crippen LogP contribution in [-0.2, 0) is 19.2 Å². The van der Waals surface area contributed by atoms with Gasteiger partial charge in [0.1, 0.15) is 5.75 Å². The van der Waals surface area contributed by atoms with Crippen molar-refractivity contribution in [3.05, 3.63) is 48.5 Å². The van der Waals surface area contributed by atoms with E-state index in [0.717, 1.165) is 16.3 Å². The van der Waals surface area contributed by atoms with E-state index >= 15 is 0 Å². The molecule has 0 aliphatic heterocycles. The zero-order valence-electron chi connectivity index (χ0n) is 19.2. The van der Waals surface area contributed by atoms with Crippen molar-refractivity contribution in [2.75, 3.05) is 23.0 Å². The van der Waals surface area contributed by atoms with E-state index in [1.54, 1.807) is 36.0 Å². The number of hydrogen-bond acceptors (Lipinski definition) is 6. The first kappa shape index (κ1) is 28.5. The first-order valence-corrected chi connectivity index (χ1v) is 11.6. The molecule has 2 aromatic rings. The summed E-state index contributed by atoms with van der Waals surface area (Å²) in [6, 6.07) is 14.5. The van der Waals surface area contributed by atoms with Crippen molar-refractivity contribution < 1.29 is 34.1 Å². The minimum absolute atomic E-state index is 0.0717. The van der Waals surface area contributed by atoms with Crippen LogP contribution in [0.25, 0.3) is 0 Å². The molecule has 0 radical (unpaired) electrons. The molecule has 0 spiro atoms. The van der Waals surface area contributed by atoms with Crippen LogP contribution < -0.4 is 15.4 Å². The van der Waals surface area contributed by atoms with Gasteiger partial charge in [0.15, 0.2) is 0 Å². The Hall–Kier alpha value is -3.53. The average molecular weight is 491 g/mol. The normalized spacial score (nSPS) is 9.82. The Morgan fingerprint density at radius 1 is 0.794 bits per heavy atom. The number of rotatable bonds is 12. The van der Waals surface area contributed by atoms with Gasteiger partial charge >= 0.3 is 11.9 Å². The smallest absolute Gasteiger partial charge is 0.303 e. The molecule has 0 bridgehead atoms. The molecule has 4 N–H and O–H groups in total. The summed E-state index contributed by atoms with van der Waals surface area (Å²) in [5, 5.41) is 22.4. The Balaban J connectivity index is 0.000000340. The van der Waals surface area contributed by atoms with Gasteiger partial charge in [0.25, 0.3) is 0 Å². The number of anilines is 2. The lowest BCUT2D eigenvalue weighted by molar-refractivity contribution is -0.138. The summed E-state index contributed by atoms with van der Waals surface area (Å²) in [4.78, 5) is 43.6. The van der Waals surface area contributed by atoms with E-state index < -0.39 is 11.9 Å². The molecule has 0 atom stereocenters. The quantitative estimate of drug-likeness (QED) is 0.252. The standard InChI is InChI=1S/C12H15NO4.C12H15NO3S/c2*1-9(14)13-10-5-2-3-6-11(10)17-8-4-7-12(15)16/h2*2-3,5-6H,4,7-8H2,1H3,(H,13,14)(H,15,16). The highest BCUT2D eigenvalue weighted by molar-refractivity contribution is 7.99. The van der Waals surface area contributed by atoms with E-state index in [1.165, 1.54) is 13.8 Å². The zero-order chi connectivity index (χ0) is 25.3. The fourth-order valence-corrected chi connectivity index (χ4v) is 3.54. The van der Waals surface area contributed by atoms with Crippen molar-refractivity contribution in [3.63, 3.8) is 0 Å². The van der Waals surface area contributed by atoms with Gasteiger partial charge in [-0.05, 0) is 42.9 Å². The molecule has 184 valence electrons. The van der Waals surface area contributed by atoms with E-state index in [9.17, 15) is 19.2 Å². The van der Waals surface area contributed by atoms with Crippen LogP contribution in [0.15, 0.2) is 53.4 Å². The molecule has 0 unspecified atom stereocenters. The summed E-state index contributed by atoms with van der Waals surface area (Å²) in [7, 11) is 0. The monoisotopic (exact) mass is 490 g/mol. The third-order valence-electron chi connectivity index (χ3n) is 3.98. The predicted molar refractivity (Wildman–Crippen MR) is 131 cm³/mol. The molecule has 0 heterocycles. The molecule has 2 rings (SSSR count). The molecule has 0 saturated carbocycles. The Kier molecular flexibility index (Phi) is 13.5. The van der Waals surface area contributed by atoms with Gasteiger partial charge in [0.05, 0.1) is 18.0 Å². The highest BCUT2D eigenvalue weighted by atomic mass is 32.2. The van der Waals surface area contributed by atoms with Gasteiger partial charge in [-0.3, -0.25) is 19.2 Å². The molecule has 34 heavy (non-hydrogen) atoms. The number of aliphatic carboxylic acids is 2. The van der Waals surface area contributed by atoms with Crippen LogP contribution in [0.4, 0.5) is 11.4 Å². The summed E-state index contributed by atoms with van der Waals surface area (Å²) in [5.74, 6) is -0.629. The van der Waals surface area contributed by atoms with Crippen molar-refractivity contribution in [1.82, 2.24) is 0 Å². The number of nitrogens with one attached hydrogen (secondary N) is 2. The molecule has 0 aliphatic carbocycles. The lowest BCUT2D eigenvalue weighted by Gasteiger charge is -2.10. The molecule has 0 fully saturated rings. The van der Waals surface area contributed by atoms with Crippen LogP contribution in [-0.4, -0.2) is 46.3 Å². The third kappa shape index (κ3) is 13.1.